The Bertz CT molecular complexity index is 410. The average Bonchev–Trinajstić information content (AvgIpc) is 2.52. The summed E-state index contributed by atoms with van der Waals surface area (Å²) in [4.78, 5) is 13.7. The molecular weight excluding hydrogens is 254 g/mol. The smallest absolute Gasteiger partial charge is 0.188 e. The van der Waals surface area contributed by atoms with Crippen molar-refractivity contribution in [3.8, 4) is 0 Å². The van der Waals surface area contributed by atoms with Gasteiger partial charge in [0.25, 0.3) is 0 Å². The number of benzene rings is 1. The second-order valence-corrected chi connectivity index (χ2v) is 5.23. The van der Waals surface area contributed by atoms with Crippen LogP contribution in [0, 0.1) is 0 Å². The summed E-state index contributed by atoms with van der Waals surface area (Å²) >= 11 is 0. The summed E-state index contributed by atoms with van der Waals surface area (Å²) in [5, 5.41) is 8.78. The van der Waals surface area contributed by atoms with Gasteiger partial charge in [-0.05, 0) is 31.5 Å². The van der Waals surface area contributed by atoms with Crippen LogP contribution in [0.15, 0.2) is 24.3 Å². The fraction of sp³-hybridized carbons (Fsp3) is 0.562. The van der Waals surface area contributed by atoms with Crippen LogP contribution in [-0.2, 0) is 11.3 Å². The molecule has 1 fully saturated rings. The first-order chi connectivity index (χ1) is 9.79. The number of rotatable bonds is 7. The first kappa shape index (κ1) is 15.2. The number of Topliss-reactive ketones (excluding diaryl/α,β-unsaturated/α-hetero) is 1. The van der Waals surface area contributed by atoms with Crippen LogP contribution < -0.4 is 0 Å². The molecule has 4 nitrogen and oxygen atoms in total. The Labute approximate surface area is 120 Å². The Hall–Kier alpha value is -1.23. The second kappa shape index (κ2) is 8.15. The molecule has 0 saturated carbocycles. The molecule has 0 atom stereocenters. The van der Waals surface area contributed by atoms with E-state index in [1.54, 1.807) is 12.1 Å². The largest absolute Gasteiger partial charge is 0.388 e. The molecule has 0 aromatic heterocycles. The van der Waals surface area contributed by atoms with Crippen molar-refractivity contribution < 1.29 is 14.6 Å². The number of likely N-dealkylation sites (tertiary alicyclic amines) is 1. The number of nitrogens with zero attached hydrogens (tertiary/aromatic N) is 1. The van der Waals surface area contributed by atoms with E-state index < -0.39 is 6.61 Å². The Kier molecular flexibility index (Phi) is 6.18. The van der Waals surface area contributed by atoms with Gasteiger partial charge in [0, 0.05) is 12.1 Å². The highest BCUT2D eigenvalue weighted by atomic mass is 16.5. The highest BCUT2D eigenvalue weighted by Crippen LogP contribution is 2.09. The van der Waals surface area contributed by atoms with Gasteiger partial charge in [-0.3, -0.25) is 4.79 Å². The number of ether oxygens (including phenoxy) is 1. The van der Waals surface area contributed by atoms with Crippen LogP contribution in [0.5, 0.6) is 0 Å². The number of aliphatic hydroxyl groups excluding tert-OH is 1. The lowest BCUT2D eigenvalue weighted by Crippen LogP contribution is -2.32. The third kappa shape index (κ3) is 4.71. The summed E-state index contributed by atoms with van der Waals surface area (Å²) < 4.78 is 5.67. The van der Waals surface area contributed by atoms with Crippen LogP contribution in [0.4, 0.5) is 0 Å². The molecule has 1 saturated heterocycles. The van der Waals surface area contributed by atoms with Gasteiger partial charge in [0.1, 0.15) is 6.61 Å². The fourth-order valence-electron chi connectivity index (χ4n) is 2.44. The van der Waals surface area contributed by atoms with Crippen molar-refractivity contribution in [2.24, 2.45) is 0 Å². The minimum absolute atomic E-state index is 0.248. The van der Waals surface area contributed by atoms with E-state index in [1.807, 2.05) is 12.1 Å². The Balaban J connectivity index is 1.67. The lowest BCUT2D eigenvalue weighted by molar-refractivity contribution is 0.0861. The zero-order valence-electron chi connectivity index (χ0n) is 11.9. The van der Waals surface area contributed by atoms with E-state index >= 15 is 0 Å². The lowest BCUT2D eigenvalue weighted by atomic mass is 10.1. The SMILES string of the molecule is O=C(CO)c1ccc(COCCN2CCCCC2)cc1. The number of carbonyl (C=O) groups excluding carboxylic acids is 1. The van der Waals surface area contributed by atoms with E-state index in [0.29, 0.717) is 12.2 Å². The first-order valence-corrected chi connectivity index (χ1v) is 7.32. The molecule has 0 spiro atoms. The van der Waals surface area contributed by atoms with Crippen LogP contribution in [0.1, 0.15) is 35.2 Å². The van der Waals surface area contributed by atoms with Crippen molar-refractivity contribution in [3.05, 3.63) is 35.4 Å². The van der Waals surface area contributed by atoms with Crippen LogP contribution >= 0.6 is 0 Å². The topological polar surface area (TPSA) is 49.8 Å². The number of hydrogen-bond donors (Lipinski definition) is 1. The Morgan fingerprint density at radius 2 is 1.85 bits per heavy atom. The molecule has 1 aromatic carbocycles. The number of piperidine rings is 1. The van der Waals surface area contributed by atoms with Crippen molar-refractivity contribution in [3.63, 3.8) is 0 Å². The molecule has 1 N–H and O–H groups in total. The molecular formula is C16H23NO3. The van der Waals surface area contributed by atoms with Gasteiger partial charge in [-0.2, -0.15) is 0 Å². The monoisotopic (exact) mass is 277 g/mol. The van der Waals surface area contributed by atoms with Gasteiger partial charge in [-0.1, -0.05) is 30.7 Å². The lowest BCUT2D eigenvalue weighted by Gasteiger charge is -2.26. The Morgan fingerprint density at radius 1 is 1.15 bits per heavy atom. The molecule has 1 aliphatic rings. The molecule has 2 rings (SSSR count). The normalized spacial score (nSPS) is 16.2. The number of carbonyl (C=O) groups is 1. The van der Waals surface area contributed by atoms with E-state index in [0.717, 1.165) is 18.7 Å². The summed E-state index contributed by atoms with van der Waals surface area (Å²) in [5.41, 5.74) is 1.60. The van der Waals surface area contributed by atoms with E-state index in [9.17, 15) is 4.79 Å². The van der Waals surface area contributed by atoms with E-state index in [4.69, 9.17) is 9.84 Å². The molecule has 0 amide bonds. The molecule has 1 heterocycles. The van der Waals surface area contributed by atoms with Gasteiger partial charge in [-0.25, -0.2) is 0 Å². The quantitative estimate of drug-likeness (QED) is 0.610. The highest BCUT2D eigenvalue weighted by Gasteiger charge is 2.09. The maximum absolute atomic E-state index is 11.3. The molecule has 20 heavy (non-hydrogen) atoms. The predicted molar refractivity (Wildman–Crippen MR) is 77.8 cm³/mol. The Morgan fingerprint density at radius 3 is 2.50 bits per heavy atom. The molecule has 0 bridgehead atoms. The van der Waals surface area contributed by atoms with Crippen LogP contribution in [0.25, 0.3) is 0 Å². The second-order valence-electron chi connectivity index (χ2n) is 5.23. The highest BCUT2D eigenvalue weighted by molar-refractivity contribution is 5.96. The maximum Gasteiger partial charge on any atom is 0.188 e. The van der Waals surface area contributed by atoms with E-state index in [2.05, 4.69) is 4.90 Å². The summed E-state index contributed by atoms with van der Waals surface area (Å²) in [7, 11) is 0. The van der Waals surface area contributed by atoms with Crippen LogP contribution in [-0.4, -0.2) is 48.6 Å². The van der Waals surface area contributed by atoms with Gasteiger partial charge in [0.15, 0.2) is 5.78 Å². The molecule has 4 heteroatoms. The zero-order valence-corrected chi connectivity index (χ0v) is 11.9. The predicted octanol–water partition coefficient (Wildman–Crippen LogP) is 1.86. The summed E-state index contributed by atoms with van der Waals surface area (Å²) in [6.07, 6.45) is 3.97. The van der Waals surface area contributed by atoms with Crippen molar-refractivity contribution in [1.29, 1.82) is 0 Å². The number of hydrogen-bond acceptors (Lipinski definition) is 4. The van der Waals surface area contributed by atoms with Gasteiger partial charge < -0.3 is 14.7 Å². The van der Waals surface area contributed by atoms with Crippen molar-refractivity contribution in [2.75, 3.05) is 32.8 Å². The number of aliphatic hydroxyl groups is 1. The maximum atomic E-state index is 11.3. The third-order valence-electron chi connectivity index (χ3n) is 3.69. The van der Waals surface area contributed by atoms with Crippen LogP contribution in [0.3, 0.4) is 0 Å². The summed E-state index contributed by atoms with van der Waals surface area (Å²) in [5.74, 6) is -0.248. The van der Waals surface area contributed by atoms with Gasteiger partial charge in [0.2, 0.25) is 0 Å². The van der Waals surface area contributed by atoms with Crippen molar-refractivity contribution in [1.82, 2.24) is 4.90 Å². The minimum Gasteiger partial charge on any atom is -0.388 e. The molecule has 0 unspecified atom stereocenters. The third-order valence-corrected chi connectivity index (χ3v) is 3.69. The van der Waals surface area contributed by atoms with Crippen molar-refractivity contribution in [2.45, 2.75) is 25.9 Å². The fourth-order valence-corrected chi connectivity index (χ4v) is 2.44. The van der Waals surface area contributed by atoms with Gasteiger partial charge >= 0.3 is 0 Å². The van der Waals surface area contributed by atoms with Gasteiger partial charge in [0.05, 0.1) is 13.2 Å². The molecule has 1 aliphatic heterocycles. The standard InChI is InChI=1S/C16H23NO3/c18-12-16(19)15-6-4-14(5-7-15)13-20-11-10-17-8-2-1-3-9-17/h4-7,18H,1-3,8-13H2. The first-order valence-electron chi connectivity index (χ1n) is 7.32. The van der Waals surface area contributed by atoms with Crippen molar-refractivity contribution >= 4 is 5.78 Å². The van der Waals surface area contributed by atoms with E-state index in [1.165, 1.54) is 32.4 Å². The molecule has 0 aliphatic carbocycles. The zero-order chi connectivity index (χ0) is 14.2. The summed E-state index contributed by atoms with van der Waals surface area (Å²) in [6.45, 7) is 4.27. The molecule has 1 aromatic rings. The molecule has 110 valence electrons. The van der Waals surface area contributed by atoms with Gasteiger partial charge in [-0.15, -0.1) is 0 Å². The van der Waals surface area contributed by atoms with E-state index in [-0.39, 0.29) is 5.78 Å². The minimum atomic E-state index is -0.439. The average molecular weight is 277 g/mol. The number of ketones is 1. The molecule has 0 radical (unpaired) electrons. The summed E-state index contributed by atoms with van der Waals surface area (Å²) in [6, 6.07) is 7.23. The van der Waals surface area contributed by atoms with Crippen LogP contribution in [0.2, 0.25) is 0 Å².